The van der Waals surface area contributed by atoms with Gasteiger partial charge in [0.15, 0.2) is 0 Å². The maximum absolute atomic E-state index is 12.4. The summed E-state index contributed by atoms with van der Waals surface area (Å²) in [5.41, 5.74) is 1.03. The first-order chi connectivity index (χ1) is 9.97. The van der Waals surface area contributed by atoms with Crippen molar-refractivity contribution in [2.24, 2.45) is 0 Å². The lowest BCUT2D eigenvalue weighted by Crippen LogP contribution is -2.41. The molecular formula is C15H20BrN3O2. The molecule has 0 aromatic carbocycles. The van der Waals surface area contributed by atoms with Crippen molar-refractivity contribution in [1.29, 1.82) is 0 Å². The van der Waals surface area contributed by atoms with Crippen LogP contribution in [-0.4, -0.2) is 33.8 Å². The normalized spacial score (nSPS) is 18.7. The van der Waals surface area contributed by atoms with Crippen molar-refractivity contribution in [1.82, 2.24) is 9.88 Å². The highest BCUT2D eigenvalue weighted by Crippen LogP contribution is 2.24. The maximum atomic E-state index is 12.4. The molecule has 0 spiro atoms. The van der Waals surface area contributed by atoms with Gasteiger partial charge in [-0.25, -0.2) is 4.98 Å². The lowest BCUT2D eigenvalue weighted by Gasteiger charge is -2.24. The largest absolute Gasteiger partial charge is 0.358 e. The summed E-state index contributed by atoms with van der Waals surface area (Å²) in [4.78, 5) is 30.2. The number of hydrogen-bond donors (Lipinski definition) is 1. The molecular weight excluding hydrogens is 334 g/mol. The van der Waals surface area contributed by atoms with Crippen molar-refractivity contribution in [3.8, 4) is 0 Å². The molecule has 0 aliphatic carbocycles. The Morgan fingerprint density at radius 3 is 2.67 bits per heavy atom. The number of aryl methyl sites for hydroxylation is 1. The monoisotopic (exact) mass is 353 g/mol. The van der Waals surface area contributed by atoms with Gasteiger partial charge in [-0.1, -0.05) is 13.8 Å². The second-order valence-electron chi connectivity index (χ2n) is 5.29. The van der Waals surface area contributed by atoms with Gasteiger partial charge in [0.05, 0.1) is 6.42 Å². The minimum Gasteiger partial charge on any atom is -0.358 e. The summed E-state index contributed by atoms with van der Waals surface area (Å²) in [6.45, 7) is 5.94. The lowest BCUT2D eigenvalue weighted by molar-refractivity contribution is -0.141. The van der Waals surface area contributed by atoms with Crippen LogP contribution in [0.5, 0.6) is 0 Å². The molecule has 5 nitrogen and oxygen atoms in total. The number of amides is 2. The van der Waals surface area contributed by atoms with Crippen LogP contribution in [0, 0.1) is 6.92 Å². The van der Waals surface area contributed by atoms with Crippen molar-refractivity contribution >= 4 is 33.6 Å². The van der Waals surface area contributed by atoms with Crippen LogP contribution in [0.3, 0.4) is 0 Å². The van der Waals surface area contributed by atoms with E-state index in [9.17, 15) is 9.59 Å². The van der Waals surface area contributed by atoms with Gasteiger partial charge in [0.1, 0.15) is 11.9 Å². The van der Waals surface area contributed by atoms with Crippen LogP contribution in [0.15, 0.2) is 16.7 Å². The number of halogens is 1. The molecule has 1 unspecified atom stereocenters. The standard InChI is InChI=1S/C15H20BrN3O2/c1-4-10(5-2)19-14(20)7-12(15(19)21)18-13-6-9(3)11(16)8-17-13/h6,8,10,12H,4-5,7H2,1-3H3,(H,17,18). The molecule has 0 saturated carbocycles. The Balaban J connectivity index is 2.13. The number of aromatic nitrogens is 1. The van der Waals surface area contributed by atoms with Gasteiger partial charge in [0, 0.05) is 16.7 Å². The number of nitrogens with one attached hydrogen (secondary N) is 1. The van der Waals surface area contributed by atoms with E-state index in [1.807, 2.05) is 26.8 Å². The number of carbonyl (C=O) groups is 2. The molecule has 0 bridgehead atoms. The van der Waals surface area contributed by atoms with Gasteiger partial charge in [-0.05, 0) is 47.3 Å². The number of carbonyl (C=O) groups excluding carboxylic acids is 2. The molecule has 114 valence electrons. The van der Waals surface area contributed by atoms with E-state index in [0.717, 1.165) is 22.9 Å². The Morgan fingerprint density at radius 1 is 1.43 bits per heavy atom. The first kappa shape index (κ1) is 15.9. The van der Waals surface area contributed by atoms with Gasteiger partial charge >= 0.3 is 0 Å². The second kappa shape index (κ2) is 6.56. The van der Waals surface area contributed by atoms with Crippen LogP contribution in [-0.2, 0) is 9.59 Å². The molecule has 1 saturated heterocycles. The quantitative estimate of drug-likeness (QED) is 0.826. The molecule has 1 aliphatic rings. The number of anilines is 1. The van der Waals surface area contributed by atoms with E-state index in [1.165, 1.54) is 4.90 Å². The smallest absolute Gasteiger partial charge is 0.252 e. The minimum absolute atomic E-state index is 0.00332. The molecule has 2 amide bonds. The van der Waals surface area contributed by atoms with Gasteiger partial charge in [-0.15, -0.1) is 0 Å². The molecule has 21 heavy (non-hydrogen) atoms. The van der Waals surface area contributed by atoms with E-state index in [0.29, 0.717) is 5.82 Å². The Bertz CT molecular complexity index is 558. The van der Waals surface area contributed by atoms with E-state index in [-0.39, 0.29) is 24.3 Å². The first-order valence-corrected chi connectivity index (χ1v) is 8.01. The summed E-state index contributed by atoms with van der Waals surface area (Å²) in [7, 11) is 0. The van der Waals surface area contributed by atoms with Gasteiger partial charge in [-0.3, -0.25) is 14.5 Å². The first-order valence-electron chi connectivity index (χ1n) is 7.22. The highest BCUT2D eigenvalue weighted by atomic mass is 79.9. The van der Waals surface area contributed by atoms with E-state index in [4.69, 9.17) is 0 Å². The lowest BCUT2D eigenvalue weighted by atomic mass is 10.1. The molecule has 1 aromatic rings. The van der Waals surface area contributed by atoms with Crippen LogP contribution in [0.4, 0.5) is 5.82 Å². The number of nitrogens with zero attached hydrogens (tertiary/aromatic N) is 2. The average molecular weight is 354 g/mol. The Morgan fingerprint density at radius 2 is 2.10 bits per heavy atom. The van der Waals surface area contributed by atoms with E-state index < -0.39 is 6.04 Å². The van der Waals surface area contributed by atoms with Gasteiger partial charge in [0.25, 0.3) is 5.91 Å². The number of likely N-dealkylation sites (tertiary alicyclic amines) is 1. The Hall–Kier alpha value is -1.43. The minimum atomic E-state index is -0.508. The third-order valence-electron chi connectivity index (χ3n) is 3.86. The predicted molar refractivity (Wildman–Crippen MR) is 84.9 cm³/mol. The van der Waals surface area contributed by atoms with E-state index in [1.54, 1.807) is 6.20 Å². The number of hydrogen-bond acceptors (Lipinski definition) is 4. The van der Waals surface area contributed by atoms with Crippen molar-refractivity contribution in [3.63, 3.8) is 0 Å². The number of imide groups is 1. The van der Waals surface area contributed by atoms with Crippen LogP contribution in [0.2, 0.25) is 0 Å². The van der Waals surface area contributed by atoms with Gasteiger partial charge in [-0.2, -0.15) is 0 Å². The molecule has 2 rings (SSSR count). The predicted octanol–water partition coefficient (Wildman–Crippen LogP) is 2.88. The summed E-state index contributed by atoms with van der Waals surface area (Å²) >= 11 is 3.39. The summed E-state index contributed by atoms with van der Waals surface area (Å²) in [5, 5.41) is 3.08. The average Bonchev–Trinajstić information content (AvgIpc) is 2.72. The molecule has 1 aromatic heterocycles. The zero-order chi connectivity index (χ0) is 15.6. The SMILES string of the molecule is CCC(CC)N1C(=O)CC(Nc2cc(C)c(Br)cn2)C1=O. The topological polar surface area (TPSA) is 62.3 Å². The summed E-state index contributed by atoms with van der Waals surface area (Å²) in [6, 6.07) is 1.35. The molecule has 1 atom stereocenters. The van der Waals surface area contributed by atoms with Crippen LogP contribution in [0.25, 0.3) is 0 Å². The zero-order valence-corrected chi connectivity index (χ0v) is 14.1. The summed E-state index contributed by atoms with van der Waals surface area (Å²) < 4.78 is 0.917. The molecule has 1 fully saturated rings. The molecule has 2 heterocycles. The van der Waals surface area contributed by atoms with Crippen LogP contribution < -0.4 is 5.32 Å². The fourth-order valence-electron chi connectivity index (χ4n) is 2.60. The second-order valence-corrected chi connectivity index (χ2v) is 6.15. The third kappa shape index (κ3) is 3.26. The van der Waals surface area contributed by atoms with Crippen molar-refractivity contribution in [3.05, 3.63) is 22.3 Å². The van der Waals surface area contributed by atoms with Gasteiger partial charge < -0.3 is 5.32 Å². The zero-order valence-electron chi connectivity index (χ0n) is 12.5. The Kier molecular flexibility index (Phi) is 4.98. The summed E-state index contributed by atoms with van der Waals surface area (Å²) in [5.74, 6) is 0.379. The van der Waals surface area contributed by atoms with Crippen molar-refractivity contribution < 1.29 is 9.59 Å². The highest BCUT2D eigenvalue weighted by Gasteiger charge is 2.41. The fourth-order valence-corrected chi connectivity index (χ4v) is 2.81. The highest BCUT2D eigenvalue weighted by molar-refractivity contribution is 9.10. The van der Waals surface area contributed by atoms with Crippen LogP contribution in [0.1, 0.15) is 38.7 Å². The van der Waals surface area contributed by atoms with E-state index in [2.05, 4.69) is 26.2 Å². The number of pyridine rings is 1. The van der Waals surface area contributed by atoms with Crippen molar-refractivity contribution in [2.45, 2.75) is 52.1 Å². The molecule has 0 radical (unpaired) electrons. The Labute approximate surface area is 133 Å². The molecule has 1 aliphatic heterocycles. The maximum Gasteiger partial charge on any atom is 0.252 e. The van der Waals surface area contributed by atoms with Crippen LogP contribution >= 0.6 is 15.9 Å². The summed E-state index contributed by atoms with van der Waals surface area (Å²) in [6.07, 6.45) is 3.47. The third-order valence-corrected chi connectivity index (χ3v) is 4.69. The molecule has 1 N–H and O–H groups in total. The van der Waals surface area contributed by atoms with E-state index >= 15 is 0 Å². The number of rotatable bonds is 5. The fraction of sp³-hybridized carbons (Fsp3) is 0.533. The van der Waals surface area contributed by atoms with Gasteiger partial charge in [0.2, 0.25) is 5.91 Å². The van der Waals surface area contributed by atoms with Crippen molar-refractivity contribution in [2.75, 3.05) is 5.32 Å². The molecule has 6 heteroatoms.